The van der Waals surface area contributed by atoms with Gasteiger partial charge in [0.25, 0.3) is 0 Å². The SMILES string of the molecule is CCC1(C)C=CC=CC1c1ccccc1S. The van der Waals surface area contributed by atoms with E-state index in [1.807, 2.05) is 6.07 Å². The van der Waals surface area contributed by atoms with Crippen LogP contribution in [0.5, 0.6) is 0 Å². The van der Waals surface area contributed by atoms with Crippen molar-refractivity contribution in [2.75, 3.05) is 0 Å². The number of thiol groups is 1. The summed E-state index contributed by atoms with van der Waals surface area (Å²) in [4.78, 5) is 1.09. The largest absolute Gasteiger partial charge is 0.143 e. The summed E-state index contributed by atoms with van der Waals surface area (Å²) >= 11 is 4.57. The number of hydrogen-bond donors (Lipinski definition) is 1. The minimum Gasteiger partial charge on any atom is -0.143 e. The number of benzene rings is 1. The fourth-order valence-electron chi connectivity index (χ4n) is 2.32. The average Bonchev–Trinajstić information content (AvgIpc) is 2.31. The molecule has 0 amide bonds. The van der Waals surface area contributed by atoms with Gasteiger partial charge in [0.05, 0.1) is 0 Å². The fourth-order valence-corrected chi connectivity index (χ4v) is 2.62. The molecule has 2 rings (SSSR count). The molecule has 84 valence electrons. The first-order chi connectivity index (χ1) is 7.67. The van der Waals surface area contributed by atoms with Gasteiger partial charge in [-0.15, -0.1) is 12.6 Å². The molecule has 16 heavy (non-hydrogen) atoms. The molecule has 0 saturated heterocycles. The summed E-state index contributed by atoms with van der Waals surface area (Å²) in [5.74, 6) is 0.441. The lowest BCUT2D eigenvalue weighted by molar-refractivity contribution is 0.360. The first-order valence-electron chi connectivity index (χ1n) is 5.81. The quantitative estimate of drug-likeness (QED) is 0.705. The van der Waals surface area contributed by atoms with E-state index in [-0.39, 0.29) is 5.41 Å². The Labute approximate surface area is 103 Å². The lowest BCUT2D eigenvalue weighted by Crippen LogP contribution is -2.23. The third-order valence-electron chi connectivity index (χ3n) is 3.64. The molecule has 1 aliphatic rings. The first kappa shape index (κ1) is 11.5. The van der Waals surface area contributed by atoms with Gasteiger partial charge >= 0.3 is 0 Å². The maximum atomic E-state index is 4.57. The van der Waals surface area contributed by atoms with Crippen molar-refractivity contribution in [1.82, 2.24) is 0 Å². The molecule has 0 radical (unpaired) electrons. The average molecular weight is 230 g/mol. The van der Waals surface area contributed by atoms with Crippen molar-refractivity contribution in [3.8, 4) is 0 Å². The second-order valence-corrected chi connectivity index (χ2v) is 5.12. The fraction of sp³-hybridized carbons (Fsp3) is 0.333. The van der Waals surface area contributed by atoms with Gasteiger partial charge in [0, 0.05) is 10.8 Å². The molecular formula is C15H18S. The van der Waals surface area contributed by atoms with Crippen LogP contribution in [0.1, 0.15) is 31.7 Å². The molecule has 1 heteroatoms. The van der Waals surface area contributed by atoms with Crippen LogP contribution >= 0.6 is 12.6 Å². The molecule has 0 saturated carbocycles. The van der Waals surface area contributed by atoms with E-state index in [9.17, 15) is 0 Å². The van der Waals surface area contributed by atoms with E-state index in [1.165, 1.54) is 5.56 Å². The standard InChI is InChI=1S/C15H18S/c1-3-15(2)11-7-6-9-13(15)12-8-4-5-10-14(12)16/h4-11,13,16H,3H2,1-2H3. The Bertz CT molecular complexity index is 431. The Morgan fingerprint density at radius 2 is 2.00 bits per heavy atom. The van der Waals surface area contributed by atoms with Gasteiger partial charge in [0.2, 0.25) is 0 Å². The molecule has 0 spiro atoms. The topological polar surface area (TPSA) is 0 Å². The van der Waals surface area contributed by atoms with Gasteiger partial charge in [-0.05, 0) is 23.5 Å². The van der Waals surface area contributed by atoms with Gasteiger partial charge in [0.1, 0.15) is 0 Å². The van der Waals surface area contributed by atoms with E-state index in [2.05, 4.69) is 69.0 Å². The minimum atomic E-state index is 0.216. The summed E-state index contributed by atoms with van der Waals surface area (Å²) in [6, 6.07) is 8.39. The Kier molecular flexibility index (Phi) is 3.25. The number of allylic oxidation sites excluding steroid dienone is 4. The molecule has 2 atom stereocenters. The predicted molar refractivity (Wildman–Crippen MR) is 73.1 cm³/mol. The van der Waals surface area contributed by atoms with E-state index < -0.39 is 0 Å². The molecular weight excluding hydrogens is 212 g/mol. The van der Waals surface area contributed by atoms with Crippen molar-refractivity contribution in [2.45, 2.75) is 31.1 Å². The maximum absolute atomic E-state index is 4.57. The molecule has 2 unspecified atom stereocenters. The van der Waals surface area contributed by atoms with Crippen LogP contribution in [0.15, 0.2) is 53.5 Å². The van der Waals surface area contributed by atoms with Crippen molar-refractivity contribution in [2.24, 2.45) is 5.41 Å². The van der Waals surface area contributed by atoms with E-state index in [0.717, 1.165) is 11.3 Å². The summed E-state index contributed by atoms with van der Waals surface area (Å²) in [5.41, 5.74) is 1.55. The van der Waals surface area contributed by atoms with Crippen LogP contribution in [-0.4, -0.2) is 0 Å². The lowest BCUT2D eigenvalue weighted by Gasteiger charge is -2.35. The smallest absolute Gasteiger partial charge is 0.0120 e. The summed E-state index contributed by atoms with van der Waals surface area (Å²) in [5, 5.41) is 0. The van der Waals surface area contributed by atoms with Crippen LogP contribution in [0, 0.1) is 5.41 Å². The third kappa shape index (κ3) is 1.97. The van der Waals surface area contributed by atoms with Gasteiger partial charge < -0.3 is 0 Å². The number of rotatable bonds is 2. The summed E-state index contributed by atoms with van der Waals surface area (Å²) in [6.07, 6.45) is 10.0. The van der Waals surface area contributed by atoms with Crippen LogP contribution in [0.3, 0.4) is 0 Å². The van der Waals surface area contributed by atoms with Gasteiger partial charge in [-0.3, -0.25) is 0 Å². The Morgan fingerprint density at radius 1 is 1.25 bits per heavy atom. The molecule has 0 heterocycles. The molecule has 0 aliphatic heterocycles. The van der Waals surface area contributed by atoms with E-state index in [1.54, 1.807) is 0 Å². The second kappa shape index (κ2) is 4.50. The van der Waals surface area contributed by atoms with Crippen molar-refractivity contribution in [3.05, 3.63) is 54.1 Å². The summed E-state index contributed by atoms with van der Waals surface area (Å²) in [7, 11) is 0. The minimum absolute atomic E-state index is 0.216. The Balaban J connectivity index is 2.44. The Hall–Kier alpha value is -0.950. The van der Waals surface area contributed by atoms with Crippen molar-refractivity contribution in [1.29, 1.82) is 0 Å². The second-order valence-electron chi connectivity index (χ2n) is 4.64. The molecule has 0 aromatic heterocycles. The Morgan fingerprint density at radius 3 is 2.69 bits per heavy atom. The van der Waals surface area contributed by atoms with Gasteiger partial charge in [-0.2, -0.15) is 0 Å². The first-order valence-corrected chi connectivity index (χ1v) is 6.26. The van der Waals surface area contributed by atoms with Gasteiger partial charge in [0.15, 0.2) is 0 Å². The summed E-state index contributed by atoms with van der Waals surface area (Å²) < 4.78 is 0. The van der Waals surface area contributed by atoms with Crippen LogP contribution in [0.4, 0.5) is 0 Å². The molecule has 0 fully saturated rings. The molecule has 0 nitrogen and oxygen atoms in total. The lowest BCUT2D eigenvalue weighted by atomic mass is 9.69. The van der Waals surface area contributed by atoms with Crippen molar-refractivity contribution < 1.29 is 0 Å². The predicted octanol–water partition coefficient (Wildman–Crippen LogP) is 4.60. The van der Waals surface area contributed by atoms with Crippen LogP contribution in [-0.2, 0) is 0 Å². The molecule has 0 bridgehead atoms. The highest BCUT2D eigenvalue weighted by Gasteiger charge is 2.31. The highest BCUT2D eigenvalue weighted by molar-refractivity contribution is 7.80. The molecule has 0 N–H and O–H groups in total. The molecule has 1 aromatic carbocycles. The monoisotopic (exact) mass is 230 g/mol. The highest BCUT2D eigenvalue weighted by Crippen LogP contribution is 2.44. The zero-order valence-electron chi connectivity index (χ0n) is 9.85. The number of hydrogen-bond acceptors (Lipinski definition) is 1. The van der Waals surface area contributed by atoms with Crippen LogP contribution < -0.4 is 0 Å². The van der Waals surface area contributed by atoms with Gasteiger partial charge in [-0.25, -0.2) is 0 Å². The van der Waals surface area contributed by atoms with E-state index >= 15 is 0 Å². The zero-order valence-corrected chi connectivity index (χ0v) is 10.7. The van der Waals surface area contributed by atoms with Crippen LogP contribution in [0.25, 0.3) is 0 Å². The molecule has 1 aliphatic carbocycles. The van der Waals surface area contributed by atoms with E-state index in [4.69, 9.17) is 0 Å². The van der Waals surface area contributed by atoms with Gasteiger partial charge in [-0.1, -0.05) is 56.4 Å². The highest BCUT2D eigenvalue weighted by atomic mass is 32.1. The zero-order chi connectivity index (χ0) is 11.6. The summed E-state index contributed by atoms with van der Waals surface area (Å²) in [6.45, 7) is 4.56. The van der Waals surface area contributed by atoms with Crippen LogP contribution in [0.2, 0.25) is 0 Å². The molecule has 1 aromatic rings. The van der Waals surface area contributed by atoms with Crippen molar-refractivity contribution >= 4 is 12.6 Å². The maximum Gasteiger partial charge on any atom is 0.0120 e. The third-order valence-corrected chi connectivity index (χ3v) is 4.04. The van der Waals surface area contributed by atoms with Crippen molar-refractivity contribution in [3.63, 3.8) is 0 Å². The normalized spacial score (nSPS) is 28.3. The van der Waals surface area contributed by atoms with E-state index in [0.29, 0.717) is 5.92 Å².